The number of carbonyl (C=O) groups is 4. The van der Waals surface area contributed by atoms with Crippen molar-refractivity contribution in [1.82, 2.24) is 5.43 Å². The fourth-order valence-corrected chi connectivity index (χ4v) is 3.47. The van der Waals surface area contributed by atoms with E-state index in [1.165, 1.54) is 24.4 Å². The van der Waals surface area contributed by atoms with Crippen LogP contribution in [-0.4, -0.2) is 30.0 Å². The van der Waals surface area contributed by atoms with Gasteiger partial charge in [0.15, 0.2) is 0 Å². The van der Waals surface area contributed by atoms with Gasteiger partial charge in [-0.1, -0.05) is 55.5 Å². The minimum Gasteiger partial charge on any atom is -0.423 e. The third-order valence-electron chi connectivity index (χ3n) is 5.61. The van der Waals surface area contributed by atoms with E-state index in [1.807, 2.05) is 19.1 Å². The molecule has 4 aromatic carbocycles. The summed E-state index contributed by atoms with van der Waals surface area (Å²) in [5.74, 6) is -3.00. The van der Waals surface area contributed by atoms with Gasteiger partial charge in [0, 0.05) is 17.3 Å². The van der Waals surface area contributed by atoms with E-state index in [4.69, 9.17) is 9.47 Å². The van der Waals surface area contributed by atoms with Gasteiger partial charge in [-0.25, -0.2) is 15.0 Å². The second-order valence-electron chi connectivity index (χ2n) is 8.41. The van der Waals surface area contributed by atoms with Gasteiger partial charge >= 0.3 is 23.8 Å². The normalized spacial score (nSPS) is 10.5. The summed E-state index contributed by atoms with van der Waals surface area (Å²) in [6, 6.07) is 28.2. The predicted molar refractivity (Wildman–Crippen MR) is 149 cm³/mol. The Morgan fingerprint density at radius 1 is 0.725 bits per heavy atom. The number of nitrogens with one attached hydrogen (secondary N) is 2. The van der Waals surface area contributed by atoms with Crippen molar-refractivity contribution < 1.29 is 28.7 Å². The summed E-state index contributed by atoms with van der Waals surface area (Å²) in [7, 11) is 0. The van der Waals surface area contributed by atoms with E-state index in [1.54, 1.807) is 72.8 Å². The average Bonchev–Trinajstić information content (AvgIpc) is 2.99. The topological polar surface area (TPSA) is 123 Å². The lowest BCUT2D eigenvalue weighted by Gasteiger charge is -2.10. The van der Waals surface area contributed by atoms with Crippen LogP contribution >= 0.6 is 0 Å². The number of esters is 2. The molecule has 0 spiro atoms. The van der Waals surface area contributed by atoms with Crippen molar-refractivity contribution >= 4 is 35.7 Å². The van der Waals surface area contributed by atoms with Gasteiger partial charge in [0.1, 0.15) is 11.5 Å². The Kier molecular flexibility index (Phi) is 9.13. The molecule has 0 unspecified atom stereocenters. The van der Waals surface area contributed by atoms with Crippen LogP contribution in [0.2, 0.25) is 0 Å². The standard InChI is InChI=1S/C31H25N3O6/c1-2-21-13-16-25(17-14-21)33-28(35)29(36)34-32-20-24-15-18-26(39-30(37)22-9-5-3-6-10-22)19-27(24)40-31(38)23-11-7-4-8-12-23/h3-20H,2H2,1H3,(H,33,35)(H,34,36). The number of hydrogen-bond acceptors (Lipinski definition) is 7. The second kappa shape index (κ2) is 13.3. The van der Waals surface area contributed by atoms with E-state index in [-0.39, 0.29) is 17.1 Å². The number of anilines is 1. The van der Waals surface area contributed by atoms with Crippen LogP contribution in [0.3, 0.4) is 0 Å². The summed E-state index contributed by atoms with van der Waals surface area (Å²) < 4.78 is 11.0. The molecule has 0 radical (unpaired) electrons. The van der Waals surface area contributed by atoms with Crippen LogP contribution in [0.1, 0.15) is 38.8 Å². The molecule has 2 amide bonds. The highest BCUT2D eigenvalue weighted by atomic mass is 16.5. The molecule has 0 aliphatic rings. The molecule has 4 aromatic rings. The van der Waals surface area contributed by atoms with E-state index >= 15 is 0 Å². The molecule has 0 saturated heterocycles. The predicted octanol–water partition coefficient (Wildman–Crippen LogP) is 4.78. The number of benzene rings is 4. The van der Waals surface area contributed by atoms with Crippen molar-refractivity contribution in [2.75, 3.05) is 5.32 Å². The smallest absolute Gasteiger partial charge is 0.343 e. The molecule has 0 aliphatic heterocycles. The zero-order valence-electron chi connectivity index (χ0n) is 21.5. The first kappa shape index (κ1) is 27.5. The van der Waals surface area contributed by atoms with Crippen LogP contribution in [0, 0.1) is 0 Å². The van der Waals surface area contributed by atoms with Gasteiger partial charge in [-0.2, -0.15) is 5.10 Å². The number of hydrazone groups is 1. The van der Waals surface area contributed by atoms with Crippen molar-refractivity contribution in [2.45, 2.75) is 13.3 Å². The number of aryl methyl sites for hydroxylation is 1. The molecule has 2 N–H and O–H groups in total. The van der Waals surface area contributed by atoms with Crippen LogP contribution < -0.4 is 20.2 Å². The second-order valence-corrected chi connectivity index (χ2v) is 8.41. The molecule has 0 heterocycles. The van der Waals surface area contributed by atoms with Gasteiger partial charge < -0.3 is 14.8 Å². The molecule has 200 valence electrons. The molecule has 40 heavy (non-hydrogen) atoms. The fraction of sp³-hybridized carbons (Fsp3) is 0.0645. The van der Waals surface area contributed by atoms with E-state index in [2.05, 4.69) is 15.8 Å². The fourth-order valence-electron chi connectivity index (χ4n) is 3.47. The molecule has 0 aliphatic carbocycles. The van der Waals surface area contributed by atoms with Crippen LogP contribution in [-0.2, 0) is 16.0 Å². The number of amides is 2. The quantitative estimate of drug-likeness (QED) is 0.110. The molecular formula is C31H25N3O6. The molecule has 0 atom stereocenters. The van der Waals surface area contributed by atoms with E-state index in [0.29, 0.717) is 16.8 Å². The zero-order valence-corrected chi connectivity index (χ0v) is 21.5. The first-order valence-electron chi connectivity index (χ1n) is 12.3. The highest BCUT2D eigenvalue weighted by Crippen LogP contribution is 2.26. The zero-order chi connectivity index (χ0) is 28.3. The number of rotatable bonds is 8. The number of hydrogen-bond donors (Lipinski definition) is 2. The Morgan fingerprint density at radius 2 is 1.32 bits per heavy atom. The number of nitrogens with zero attached hydrogens (tertiary/aromatic N) is 1. The maximum absolute atomic E-state index is 12.7. The number of carbonyl (C=O) groups excluding carboxylic acids is 4. The monoisotopic (exact) mass is 535 g/mol. The molecule has 0 saturated carbocycles. The minimum absolute atomic E-state index is 0.0191. The number of ether oxygens (including phenoxy) is 2. The first-order chi connectivity index (χ1) is 19.4. The van der Waals surface area contributed by atoms with Crippen LogP contribution in [0.15, 0.2) is 108 Å². The molecule has 0 aromatic heterocycles. The highest BCUT2D eigenvalue weighted by molar-refractivity contribution is 6.39. The van der Waals surface area contributed by atoms with Crippen molar-refractivity contribution in [2.24, 2.45) is 5.10 Å². The summed E-state index contributed by atoms with van der Waals surface area (Å²) in [5, 5.41) is 6.32. The lowest BCUT2D eigenvalue weighted by molar-refractivity contribution is -0.136. The van der Waals surface area contributed by atoms with Gasteiger partial charge in [-0.3, -0.25) is 9.59 Å². The van der Waals surface area contributed by atoms with Gasteiger partial charge in [0.25, 0.3) is 0 Å². The van der Waals surface area contributed by atoms with Crippen molar-refractivity contribution in [3.05, 3.63) is 125 Å². The summed E-state index contributed by atoms with van der Waals surface area (Å²) >= 11 is 0. The van der Waals surface area contributed by atoms with Crippen LogP contribution in [0.4, 0.5) is 5.69 Å². The molecule has 0 bridgehead atoms. The average molecular weight is 536 g/mol. The first-order valence-corrected chi connectivity index (χ1v) is 12.3. The maximum Gasteiger partial charge on any atom is 0.343 e. The Bertz CT molecular complexity index is 1530. The van der Waals surface area contributed by atoms with E-state index in [9.17, 15) is 19.2 Å². The Morgan fingerprint density at radius 3 is 1.93 bits per heavy atom. The third-order valence-corrected chi connectivity index (χ3v) is 5.61. The van der Waals surface area contributed by atoms with E-state index < -0.39 is 23.8 Å². The lowest BCUT2D eigenvalue weighted by atomic mass is 10.1. The summed E-state index contributed by atoms with van der Waals surface area (Å²) in [4.78, 5) is 49.7. The van der Waals surface area contributed by atoms with Crippen LogP contribution in [0.25, 0.3) is 0 Å². The maximum atomic E-state index is 12.7. The largest absolute Gasteiger partial charge is 0.423 e. The lowest BCUT2D eigenvalue weighted by Crippen LogP contribution is -2.32. The van der Waals surface area contributed by atoms with Gasteiger partial charge in [0.2, 0.25) is 0 Å². The summed E-state index contributed by atoms with van der Waals surface area (Å²) in [6.45, 7) is 2.01. The Balaban J connectivity index is 1.48. The van der Waals surface area contributed by atoms with Crippen LogP contribution in [0.5, 0.6) is 11.5 Å². The van der Waals surface area contributed by atoms with Crippen molar-refractivity contribution in [3.8, 4) is 11.5 Å². The SMILES string of the molecule is CCc1ccc(NC(=O)C(=O)NN=Cc2ccc(OC(=O)c3ccccc3)cc2OC(=O)c2ccccc2)cc1. The van der Waals surface area contributed by atoms with Gasteiger partial charge in [-0.15, -0.1) is 0 Å². The van der Waals surface area contributed by atoms with Crippen molar-refractivity contribution in [1.29, 1.82) is 0 Å². The highest BCUT2D eigenvalue weighted by Gasteiger charge is 2.16. The molecule has 0 fully saturated rings. The third kappa shape index (κ3) is 7.48. The Hall–Kier alpha value is -5.57. The van der Waals surface area contributed by atoms with Crippen molar-refractivity contribution in [3.63, 3.8) is 0 Å². The van der Waals surface area contributed by atoms with Gasteiger partial charge in [0.05, 0.1) is 17.3 Å². The molecule has 9 heteroatoms. The summed E-state index contributed by atoms with van der Waals surface area (Å²) in [6.07, 6.45) is 2.06. The minimum atomic E-state index is -0.993. The molecule has 9 nitrogen and oxygen atoms in total. The van der Waals surface area contributed by atoms with Gasteiger partial charge in [-0.05, 0) is 60.5 Å². The molecular weight excluding hydrogens is 510 g/mol. The Labute approximate surface area is 230 Å². The van der Waals surface area contributed by atoms with E-state index in [0.717, 1.165) is 12.0 Å². The molecule has 4 rings (SSSR count). The summed E-state index contributed by atoms with van der Waals surface area (Å²) in [5.41, 5.74) is 4.63.